The Morgan fingerprint density at radius 3 is 2.95 bits per heavy atom. The first kappa shape index (κ1) is 15.2. The molecule has 1 saturated heterocycles. The van der Waals surface area contributed by atoms with Crippen molar-refractivity contribution in [1.29, 1.82) is 0 Å². The molecule has 19 heavy (non-hydrogen) atoms. The van der Waals surface area contributed by atoms with Crippen LogP contribution in [0.1, 0.15) is 31.4 Å². The molecule has 0 aromatic heterocycles. The third kappa shape index (κ3) is 3.88. The molecule has 0 aliphatic carbocycles. The summed E-state index contributed by atoms with van der Waals surface area (Å²) in [4.78, 5) is 0. The van der Waals surface area contributed by atoms with E-state index in [0.717, 1.165) is 34.4 Å². The highest BCUT2D eigenvalue weighted by molar-refractivity contribution is 9.10. The van der Waals surface area contributed by atoms with Crippen LogP contribution < -0.4 is 5.32 Å². The van der Waals surface area contributed by atoms with Crippen molar-refractivity contribution in [2.24, 2.45) is 0 Å². The zero-order valence-electron chi connectivity index (χ0n) is 11.0. The minimum Gasteiger partial charge on any atom is -0.508 e. The summed E-state index contributed by atoms with van der Waals surface area (Å²) in [5.74, 6) is 2.12. The van der Waals surface area contributed by atoms with Crippen molar-refractivity contribution in [3.8, 4) is 5.75 Å². The Labute approximate surface area is 126 Å². The molecule has 0 radical (unpaired) electrons. The molecule has 1 heterocycles. The summed E-state index contributed by atoms with van der Waals surface area (Å²) in [6, 6.07) is 5.52. The van der Waals surface area contributed by atoms with Crippen LogP contribution in [0.2, 0.25) is 0 Å². The van der Waals surface area contributed by atoms with Crippen molar-refractivity contribution in [1.82, 2.24) is 5.32 Å². The minimum absolute atomic E-state index is 0.0622. The molecule has 0 saturated carbocycles. The molecule has 3 N–H and O–H groups in total. The molecule has 1 aromatic rings. The maximum atomic E-state index is 10.4. The number of nitrogens with one attached hydrogen (secondary N) is 1. The van der Waals surface area contributed by atoms with Crippen LogP contribution in [0, 0.1) is 0 Å². The molecule has 1 fully saturated rings. The maximum Gasteiger partial charge on any atom is 0.120 e. The SMILES string of the molecule is CC[C@@H](NC[C@@]1(O)CCSC1)c1cc(Br)ccc1O. The summed E-state index contributed by atoms with van der Waals surface area (Å²) < 4.78 is 0.954. The number of aromatic hydroxyl groups is 1. The average molecular weight is 346 g/mol. The van der Waals surface area contributed by atoms with Gasteiger partial charge in [-0.05, 0) is 36.8 Å². The van der Waals surface area contributed by atoms with E-state index in [2.05, 4.69) is 28.2 Å². The van der Waals surface area contributed by atoms with Gasteiger partial charge in [0.25, 0.3) is 0 Å². The fourth-order valence-electron chi connectivity index (χ4n) is 2.33. The van der Waals surface area contributed by atoms with E-state index in [-0.39, 0.29) is 6.04 Å². The fraction of sp³-hybridized carbons (Fsp3) is 0.571. The van der Waals surface area contributed by atoms with Gasteiger partial charge in [-0.1, -0.05) is 22.9 Å². The van der Waals surface area contributed by atoms with E-state index in [1.165, 1.54) is 0 Å². The van der Waals surface area contributed by atoms with Gasteiger partial charge in [0.15, 0.2) is 0 Å². The number of phenols is 1. The number of thioether (sulfide) groups is 1. The highest BCUT2D eigenvalue weighted by Gasteiger charge is 2.32. The molecule has 2 atom stereocenters. The van der Waals surface area contributed by atoms with Crippen LogP contribution >= 0.6 is 27.7 Å². The van der Waals surface area contributed by atoms with Crippen molar-refractivity contribution in [3.05, 3.63) is 28.2 Å². The molecule has 106 valence electrons. The number of hydrogen-bond acceptors (Lipinski definition) is 4. The molecule has 0 amide bonds. The third-order valence-corrected chi connectivity index (χ3v) is 5.26. The van der Waals surface area contributed by atoms with Crippen LogP contribution in [-0.2, 0) is 0 Å². The molecule has 2 rings (SSSR count). The summed E-state index contributed by atoms with van der Waals surface area (Å²) in [6.07, 6.45) is 1.71. The average Bonchev–Trinajstić information content (AvgIpc) is 2.81. The monoisotopic (exact) mass is 345 g/mol. The maximum absolute atomic E-state index is 10.4. The number of aliphatic hydroxyl groups is 1. The van der Waals surface area contributed by atoms with Gasteiger partial charge >= 0.3 is 0 Å². The molecule has 0 spiro atoms. The van der Waals surface area contributed by atoms with E-state index in [9.17, 15) is 10.2 Å². The van der Waals surface area contributed by atoms with Crippen molar-refractivity contribution in [3.63, 3.8) is 0 Å². The van der Waals surface area contributed by atoms with Gasteiger partial charge in [-0.15, -0.1) is 0 Å². The lowest BCUT2D eigenvalue weighted by atomic mass is 10.00. The zero-order valence-corrected chi connectivity index (χ0v) is 13.4. The van der Waals surface area contributed by atoms with Crippen molar-refractivity contribution >= 4 is 27.7 Å². The van der Waals surface area contributed by atoms with E-state index in [1.807, 2.05) is 12.1 Å². The minimum atomic E-state index is -0.598. The molecular formula is C14H20BrNO2S. The Balaban J connectivity index is 2.05. The molecular weight excluding hydrogens is 326 g/mol. The van der Waals surface area contributed by atoms with Crippen molar-refractivity contribution in [2.45, 2.75) is 31.4 Å². The smallest absolute Gasteiger partial charge is 0.120 e. The normalized spacial score (nSPS) is 24.6. The standard InChI is InChI=1S/C14H20BrNO2S/c1-2-12(11-7-10(15)3-4-13(11)17)16-8-14(18)5-6-19-9-14/h3-4,7,12,16-18H,2,5-6,8-9H2,1H3/t12-,14+/m1/s1. The molecule has 1 aromatic carbocycles. The van der Waals surface area contributed by atoms with E-state index in [0.29, 0.717) is 12.3 Å². The van der Waals surface area contributed by atoms with E-state index in [4.69, 9.17) is 0 Å². The second-order valence-electron chi connectivity index (χ2n) is 5.07. The highest BCUT2D eigenvalue weighted by atomic mass is 79.9. The summed E-state index contributed by atoms with van der Waals surface area (Å²) in [5, 5.41) is 23.7. The van der Waals surface area contributed by atoms with Gasteiger partial charge < -0.3 is 15.5 Å². The number of phenolic OH excluding ortho intramolecular Hbond substituents is 1. The van der Waals surface area contributed by atoms with Crippen LogP contribution in [0.5, 0.6) is 5.75 Å². The molecule has 0 unspecified atom stereocenters. The number of hydrogen-bond donors (Lipinski definition) is 3. The second kappa shape index (κ2) is 6.48. The number of halogens is 1. The largest absolute Gasteiger partial charge is 0.508 e. The lowest BCUT2D eigenvalue weighted by Crippen LogP contribution is -2.41. The van der Waals surface area contributed by atoms with Crippen molar-refractivity contribution < 1.29 is 10.2 Å². The molecule has 0 bridgehead atoms. The van der Waals surface area contributed by atoms with Crippen LogP contribution in [0.15, 0.2) is 22.7 Å². The van der Waals surface area contributed by atoms with Gasteiger partial charge in [0.05, 0.1) is 5.60 Å². The van der Waals surface area contributed by atoms with Gasteiger partial charge in [0.2, 0.25) is 0 Å². The molecule has 3 nitrogen and oxygen atoms in total. The summed E-state index contributed by atoms with van der Waals surface area (Å²) in [5.41, 5.74) is 0.283. The Hall–Kier alpha value is -0.230. The molecule has 5 heteroatoms. The molecule has 1 aliphatic heterocycles. The summed E-state index contributed by atoms with van der Waals surface area (Å²) in [6.45, 7) is 2.65. The first-order chi connectivity index (χ1) is 9.04. The van der Waals surface area contributed by atoms with Crippen LogP contribution in [-0.4, -0.2) is 33.9 Å². The van der Waals surface area contributed by atoms with Gasteiger partial charge in [-0.3, -0.25) is 0 Å². The van der Waals surface area contributed by atoms with E-state index < -0.39 is 5.60 Å². The van der Waals surface area contributed by atoms with Gasteiger partial charge in [0.1, 0.15) is 5.75 Å². The van der Waals surface area contributed by atoms with E-state index in [1.54, 1.807) is 17.8 Å². The van der Waals surface area contributed by atoms with Crippen LogP contribution in [0.3, 0.4) is 0 Å². The fourth-order valence-corrected chi connectivity index (χ4v) is 4.00. The van der Waals surface area contributed by atoms with E-state index >= 15 is 0 Å². The Morgan fingerprint density at radius 1 is 1.53 bits per heavy atom. The summed E-state index contributed by atoms with van der Waals surface area (Å²) in [7, 11) is 0. The second-order valence-corrected chi connectivity index (χ2v) is 7.09. The Morgan fingerprint density at radius 2 is 2.32 bits per heavy atom. The lowest BCUT2D eigenvalue weighted by Gasteiger charge is -2.26. The Kier molecular flexibility index (Phi) is 5.17. The quantitative estimate of drug-likeness (QED) is 0.767. The highest BCUT2D eigenvalue weighted by Crippen LogP contribution is 2.31. The number of benzene rings is 1. The third-order valence-electron chi connectivity index (χ3n) is 3.53. The number of rotatable bonds is 5. The topological polar surface area (TPSA) is 52.5 Å². The summed E-state index contributed by atoms with van der Waals surface area (Å²) >= 11 is 5.22. The van der Waals surface area contributed by atoms with Gasteiger partial charge in [-0.2, -0.15) is 11.8 Å². The molecule has 1 aliphatic rings. The van der Waals surface area contributed by atoms with Crippen LogP contribution in [0.25, 0.3) is 0 Å². The van der Waals surface area contributed by atoms with Gasteiger partial charge in [-0.25, -0.2) is 0 Å². The van der Waals surface area contributed by atoms with Crippen LogP contribution in [0.4, 0.5) is 0 Å². The van der Waals surface area contributed by atoms with Gasteiger partial charge in [0, 0.05) is 28.4 Å². The lowest BCUT2D eigenvalue weighted by molar-refractivity contribution is 0.0642. The first-order valence-corrected chi connectivity index (χ1v) is 8.51. The predicted molar refractivity (Wildman–Crippen MR) is 83.7 cm³/mol. The zero-order chi connectivity index (χ0) is 13.9. The predicted octanol–water partition coefficient (Wildman–Crippen LogP) is 3.06. The first-order valence-electron chi connectivity index (χ1n) is 6.56. The Bertz CT molecular complexity index is 435. The van der Waals surface area contributed by atoms with Crippen molar-refractivity contribution in [2.75, 3.05) is 18.1 Å².